The molecular formula is C43H69FN6O6S. The van der Waals surface area contributed by atoms with Crippen molar-refractivity contribution < 1.29 is 33.4 Å². The van der Waals surface area contributed by atoms with Gasteiger partial charge in [-0.15, -0.1) is 11.3 Å². The van der Waals surface area contributed by atoms with Crippen molar-refractivity contribution in [2.75, 3.05) is 25.4 Å². The molecule has 0 bridgehead atoms. The molecular weight excluding hydrogens is 748 g/mol. The van der Waals surface area contributed by atoms with E-state index in [2.05, 4.69) is 62.5 Å². The number of anilines is 1. The van der Waals surface area contributed by atoms with Gasteiger partial charge in [0.15, 0.2) is 6.10 Å². The highest BCUT2D eigenvalue weighted by atomic mass is 32.1. The number of nitrogens with zero attached hydrogens (tertiary/aromatic N) is 2. The minimum absolute atomic E-state index is 0.00374. The zero-order chi connectivity index (χ0) is 42.5. The molecule has 1 fully saturated rings. The summed E-state index contributed by atoms with van der Waals surface area (Å²) in [6, 6.07) is 2.98. The number of hydrogen-bond donors (Lipinski definition) is 5. The van der Waals surface area contributed by atoms with Crippen molar-refractivity contribution in [1.29, 1.82) is 0 Å². The van der Waals surface area contributed by atoms with Crippen LogP contribution in [-0.4, -0.2) is 82.0 Å². The average molecular weight is 817 g/mol. The molecule has 0 aliphatic carbocycles. The monoisotopic (exact) mass is 816 g/mol. The van der Waals surface area contributed by atoms with Crippen LogP contribution in [0.3, 0.4) is 0 Å². The van der Waals surface area contributed by atoms with Crippen molar-refractivity contribution in [1.82, 2.24) is 25.8 Å². The number of thiazole rings is 1. The number of ether oxygens (including phenoxy) is 1. The first-order valence-electron chi connectivity index (χ1n) is 20.8. The Bertz CT molecular complexity index is 1630. The number of nitrogens with one attached hydrogen (secondary N) is 3. The number of amides is 2. The van der Waals surface area contributed by atoms with Crippen molar-refractivity contribution in [3.05, 3.63) is 45.7 Å². The molecule has 14 heteroatoms. The Labute approximate surface area is 343 Å². The van der Waals surface area contributed by atoms with Gasteiger partial charge in [0.05, 0.1) is 17.1 Å². The first-order chi connectivity index (χ1) is 26.8. The molecule has 1 aromatic heterocycles. The largest absolute Gasteiger partial charge is 0.481 e. The summed E-state index contributed by atoms with van der Waals surface area (Å²) < 4.78 is 20.3. The zero-order valence-corrected chi connectivity index (χ0v) is 36.5. The van der Waals surface area contributed by atoms with Gasteiger partial charge in [0, 0.05) is 49.4 Å². The molecule has 1 aliphatic heterocycles. The number of rotatable bonds is 24. The number of unbranched alkanes of at least 4 members (excludes halogenated alkanes) is 3. The second-order valence-electron chi connectivity index (χ2n) is 17.3. The van der Waals surface area contributed by atoms with E-state index in [9.17, 15) is 28.7 Å². The minimum atomic E-state index is -1.20. The Morgan fingerprint density at radius 1 is 1.16 bits per heavy atom. The smallest absolute Gasteiger partial charge is 0.309 e. The highest BCUT2D eigenvalue weighted by Gasteiger charge is 2.38. The molecule has 1 saturated heterocycles. The summed E-state index contributed by atoms with van der Waals surface area (Å²) in [5.41, 5.74) is 5.01. The number of esters is 1. The SMILES string of the molecule is CCCCCCN(C(=O)[C@@H](NC[C@@]1(C)CCCN1)[C@@H](C)CC)[C@H](C[C@@H](OC(C)=O)c1nc(C(=O)N[C@@H](Cc2ccc(N)c(F)c2)CC(C)(C)C(=O)O)cs1)C(C)C. The van der Waals surface area contributed by atoms with Crippen LogP contribution in [0.1, 0.15) is 147 Å². The Morgan fingerprint density at radius 2 is 1.88 bits per heavy atom. The number of aliphatic carboxylic acids is 1. The highest BCUT2D eigenvalue weighted by Crippen LogP contribution is 2.32. The lowest BCUT2D eigenvalue weighted by atomic mass is 9.84. The predicted octanol–water partition coefficient (Wildman–Crippen LogP) is 7.28. The molecule has 0 radical (unpaired) electrons. The lowest BCUT2D eigenvalue weighted by Gasteiger charge is -2.40. The van der Waals surface area contributed by atoms with E-state index in [4.69, 9.17) is 10.5 Å². The van der Waals surface area contributed by atoms with Crippen LogP contribution in [0.4, 0.5) is 10.1 Å². The van der Waals surface area contributed by atoms with Gasteiger partial charge < -0.3 is 36.4 Å². The van der Waals surface area contributed by atoms with Crippen molar-refractivity contribution >= 4 is 40.8 Å². The van der Waals surface area contributed by atoms with Gasteiger partial charge in [0.1, 0.15) is 16.5 Å². The number of carboxylic acids is 1. The maximum atomic E-state index is 14.8. The number of aromatic nitrogens is 1. The number of benzene rings is 1. The van der Waals surface area contributed by atoms with Gasteiger partial charge in [-0.05, 0) is 89.0 Å². The average Bonchev–Trinajstić information content (AvgIpc) is 3.81. The lowest BCUT2D eigenvalue weighted by molar-refractivity contribution is -0.149. The maximum absolute atomic E-state index is 14.8. The fourth-order valence-electron chi connectivity index (χ4n) is 7.57. The third kappa shape index (κ3) is 14.3. The standard InChI is InChI=1S/C43H69FN6O6S/c1-10-12-13-14-20-50(40(53)37(28(5)11-2)46-26-43(9)18-15-19-47-43)35(27(3)4)23-36(56-29(6)51)39-49-34(25-57-39)38(52)48-31(24-42(7,8)41(54)55)21-30-16-17-33(45)32(44)22-30/h16-17,22,25,27-28,31,35-37,46-47H,10-15,18-21,23-24,26,45H2,1-9H3,(H,48,52)(H,54,55)/t28-,31-,35+,36+,37-,43+/m0/s1. The van der Waals surface area contributed by atoms with E-state index in [1.165, 1.54) is 30.4 Å². The summed E-state index contributed by atoms with van der Waals surface area (Å²) >= 11 is 1.19. The van der Waals surface area contributed by atoms with Crippen LogP contribution >= 0.6 is 11.3 Å². The Hall–Kier alpha value is -3.62. The third-order valence-corrected chi connectivity index (χ3v) is 12.3. The number of nitrogens with two attached hydrogens (primary N) is 1. The van der Waals surface area contributed by atoms with E-state index in [0.29, 0.717) is 23.7 Å². The van der Waals surface area contributed by atoms with E-state index < -0.39 is 47.3 Å². The fourth-order valence-corrected chi connectivity index (χ4v) is 8.41. The molecule has 3 rings (SSSR count). The van der Waals surface area contributed by atoms with Crippen LogP contribution in [0.25, 0.3) is 0 Å². The van der Waals surface area contributed by atoms with Crippen LogP contribution in [0.5, 0.6) is 0 Å². The van der Waals surface area contributed by atoms with E-state index in [1.807, 2.05) is 4.90 Å². The highest BCUT2D eigenvalue weighted by molar-refractivity contribution is 7.09. The number of carboxylic acid groups (broad SMARTS) is 1. The summed E-state index contributed by atoms with van der Waals surface area (Å²) in [6.45, 7) is 19.4. The number of carbonyl (C=O) groups excluding carboxylic acids is 3. The topological polar surface area (TPSA) is 176 Å². The molecule has 320 valence electrons. The summed E-state index contributed by atoms with van der Waals surface area (Å²) in [5.74, 6) is -2.55. The number of nitrogen functional groups attached to an aromatic ring is 1. The van der Waals surface area contributed by atoms with Crippen molar-refractivity contribution in [2.45, 2.75) is 156 Å². The first kappa shape index (κ1) is 47.8. The zero-order valence-electron chi connectivity index (χ0n) is 35.7. The normalized spacial score (nSPS) is 18.4. The van der Waals surface area contributed by atoms with Crippen LogP contribution in [0, 0.1) is 23.1 Å². The summed E-state index contributed by atoms with van der Waals surface area (Å²) in [6.07, 6.45) is 6.62. The van der Waals surface area contributed by atoms with Crippen molar-refractivity contribution in [3.8, 4) is 0 Å². The molecule has 1 aliphatic rings. The molecule has 2 amide bonds. The quantitative estimate of drug-likeness (QED) is 0.0411. The molecule has 12 nitrogen and oxygen atoms in total. The number of hydrogen-bond acceptors (Lipinski definition) is 10. The van der Waals surface area contributed by atoms with Crippen LogP contribution in [-0.2, 0) is 25.5 Å². The molecule has 6 atom stereocenters. The molecule has 57 heavy (non-hydrogen) atoms. The Balaban J connectivity index is 1.93. The van der Waals surface area contributed by atoms with Gasteiger partial charge in [-0.3, -0.25) is 19.2 Å². The predicted molar refractivity (Wildman–Crippen MR) is 224 cm³/mol. The van der Waals surface area contributed by atoms with E-state index in [-0.39, 0.29) is 60.0 Å². The van der Waals surface area contributed by atoms with Crippen molar-refractivity contribution in [3.63, 3.8) is 0 Å². The molecule has 0 unspecified atom stereocenters. The summed E-state index contributed by atoms with van der Waals surface area (Å²) in [4.78, 5) is 59.9. The van der Waals surface area contributed by atoms with Gasteiger partial charge in [0.25, 0.3) is 5.91 Å². The van der Waals surface area contributed by atoms with Gasteiger partial charge in [-0.1, -0.05) is 66.4 Å². The Morgan fingerprint density at radius 3 is 2.46 bits per heavy atom. The minimum Gasteiger partial charge on any atom is -0.481 e. The van der Waals surface area contributed by atoms with Gasteiger partial charge in [-0.25, -0.2) is 9.37 Å². The van der Waals surface area contributed by atoms with Gasteiger partial charge in [-0.2, -0.15) is 0 Å². The molecule has 6 N–H and O–H groups in total. The second kappa shape index (κ2) is 21.9. The van der Waals surface area contributed by atoms with E-state index in [0.717, 1.165) is 51.5 Å². The van der Waals surface area contributed by atoms with Crippen LogP contribution in [0.2, 0.25) is 0 Å². The summed E-state index contributed by atoms with van der Waals surface area (Å²) in [5, 5.41) is 22.1. The van der Waals surface area contributed by atoms with Crippen LogP contribution in [0.15, 0.2) is 23.6 Å². The Kier molecular flexibility index (Phi) is 18.4. The van der Waals surface area contributed by atoms with Gasteiger partial charge in [0.2, 0.25) is 5.91 Å². The van der Waals surface area contributed by atoms with Gasteiger partial charge >= 0.3 is 11.9 Å². The molecule has 2 heterocycles. The van der Waals surface area contributed by atoms with E-state index >= 15 is 0 Å². The first-order valence-corrected chi connectivity index (χ1v) is 21.7. The third-order valence-electron chi connectivity index (χ3n) is 11.4. The number of carbonyl (C=O) groups is 4. The lowest BCUT2D eigenvalue weighted by Crippen LogP contribution is -2.58. The van der Waals surface area contributed by atoms with Crippen LogP contribution < -0.4 is 21.7 Å². The summed E-state index contributed by atoms with van der Waals surface area (Å²) in [7, 11) is 0. The van der Waals surface area contributed by atoms with Crippen molar-refractivity contribution in [2.24, 2.45) is 17.3 Å². The number of halogens is 1. The molecule has 0 saturated carbocycles. The second-order valence-corrected chi connectivity index (χ2v) is 18.2. The van der Waals surface area contributed by atoms with E-state index in [1.54, 1.807) is 25.3 Å². The fraction of sp³-hybridized carbons (Fsp3) is 0.698. The molecule has 0 spiro atoms. The molecule has 1 aromatic carbocycles. The molecule has 2 aromatic rings. The maximum Gasteiger partial charge on any atom is 0.309 e.